The van der Waals surface area contributed by atoms with E-state index in [-0.39, 0.29) is 5.84 Å². The van der Waals surface area contributed by atoms with Crippen molar-refractivity contribution in [2.75, 3.05) is 0 Å². The van der Waals surface area contributed by atoms with Gasteiger partial charge in [0.05, 0.1) is 5.03 Å². The lowest BCUT2D eigenvalue weighted by Crippen LogP contribution is -2.08. The third kappa shape index (κ3) is 2.23. The Bertz CT molecular complexity index is 106. The molecule has 0 saturated heterocycles. The molecule has 0 bridgehead atoms. The molecule has 0 atom stereocenters. The first-order valence-electron chi connectivity index (χ1n) is 1.84. The second-order valence-corrected chi connectivity index (χ2v) is 1.46. The van der Waals surface area contributed by atoms with Gasteiger partial charge in [-0.25, -0.2) is 0 Å². The zero-order valence-electron chi connectivity index (χ0n) is 4.03. The van der Waals surface area contributed by atoms with Gasteiger partial charge in [-0.05, 0) is 6.92 Å². The molecule has 40 valence electrons. The fourth-order valence-electron chi connectivity index (χ4n) is 0.156. The zero-order valence-corrected chi connectivity index (χ0v) is 4.79. The Balaban J connectivity index is 3.82. The summed E-state index contributed by atoms with van der Waals surface area (Å²) >= 11 is 5.31. The van der Waals surface area contributed by atoms with Crippen molar-refractivity contribution in [2.45, 2.75) is 6.92 Å². The van der Waals surface area contributed by atoms with Crippen LogP contribution in [0, 0.1) is 5.41 Å². The fourth-order valence-corrected chi connectivity index (χ4v) is 0.156. The van der Waals surface area contributed by atoms with E-state index in [1.807, 2.05) is 0 Å². The van der Waals surface area contributed by atoms with Gasteiger partial charge in [-0.15, -0.1) is 0 Å². The number of hydrogen-bond acceptors (Lipinski definition) is 1. The number of halogens is 1. The van der Waals surface area contributed by atoms with Crippen molar-refractivity contribution in [1.82, 2.24) is 0 Å². The van der Waals surface area contributed by atoms with Crippen LogP contribution >= 0.6 is 11.6 Å². The molecule has 3 heteroatoms. The van der Waals surface area contributed by atoms with Crippen molar-refractivity contribution in [2.24, 2.45) is 5.73 Å². The van der Waals surface area contributed by atoms with Gasteiger partial charge in [0.1, 0.15) is 5.84 Å². The standard InChI is InChI=1S/C4H7ClN2/c1-2-3(5)4(6)7/h2H,1H3,(H3,6,7)/b3-2+. The van der Waals surface area contributed by atoms with E-state index in [4.69, 9.17) is 22.7 Å². The van der Waals surface area contributed by atoms with Crippen LogP contribution in [-0.4, -0.2) is 5.84 Å². The highest BCUT2D eigenvalue weighted by molar-refractivity contribution is 6.42. The SMILES string of the molecule is C/C=C(/Cl)C(=N)N. The van der Waals surface area contributed by atoms with Crippen molar-refractivity contribution in [3.8, 4) is 0 Å². The highest BCUT2D eigenvalue weighted by Crippen LogP contribution is 1.96. The minimum absolute atomic E-state index is 0.0795. The smallest absolute Gasteiger partial charge is 0.134 e. The van der Waals surface area contributed by atoms with Crippen molar-refractivity contribution >= 4 is 17.4 Å². The van der Waals surface area contributed by atoms with Crippen LogP contribution in [0.4, 0.5) is 0 Å². The summed E-state index contributed by atoms with van der Waals surface area (Å²) in [5.41, 5.74) is 4.93. The summed E-state index contributed by atoms with van der Waals surface area (Å²) in [6, 6.07) is 0. The van der Waals surface area contributed by atoms with Gasteiger partial charge in [0.25, 0.3) is 0 Å². The Labute approximate surface area is 47.5 Å². The van der Waals surface area contributed by atoms with Crippen LogP contribution in [-0.2, 0) is 0 Å². The highest BCUT2D eigenvalue weighted by Gasteiger charge is 1.88. The molecule has 0 aromatic carbocycles. The molecule has 0 fully saturated rings. The molecule has 2 nitrogen and oxygen atoms in total. The van der Waals surface area contributed by atoms with Crippen molar-refractivity contribution in [3.05, 3.63) is 11.1 Å². The number of rotatable bonds is 1. The molecule has 0 spiro atoms. The predicted octanol–water partition coefficient (Wildman–Crippen LogP) is 1.06. The second-order valence-electron chi connectivity index (χ2n) is 1.05. The molecule has 0 amide bonds. The lowest BCUT2D eigenvalue weighted by Gasteiger charge is -1.87. The molecular formula is C4H7ClN2. The zero-order chi connectivity index (χ0) is 5.86. The molecule has 0 aliphatic rings. The van der Waals surface area contributed by atoms with E-state index in [2.05, 4.69) is 0 Å². The normalized spacial score (nSPS) is 11.4. The van der Waals surface area contributed by atoms with E-state index in [1.54, 1.807) is 13.0 Å². The fraction of sp³-hybridized carbons (Fsp3) is 0.250. The van der Waals surface area contributed by atoms with Crippen LogP contribution < -0.4 is 5.73 Å². The van der Waals surface area contributed by atoms with E-state index < -0.39 is 0 Å². The molecule has 0 aliphatic heterocycles. The average Bonchev–Trinajstić information content (AvgIpc) is 1.65. The summed E-state index contributed by atoms with van der Waals surface area (Å²) in [6.45, 7) is 1.73. The van der Waals surface area contributed by atoms with Crippen molar-refractivity contribution in [1.29, 1.82) is 5.41 Å². The first kappa shape index (κ1) is 6.50. The van der Waals surface area contributed by atoms with Crippen LogP contribution in [0.15, 0.2) is 11.1 Å². The van der Waals surface area contributed by atoms with Gasteiger partial charge >= 0.3 is 0 Å². The van der Waals surface area contributed by atoms with Gasteiger partial charge < -0.3 is 5.73 Å². The van der Waals surface area contributed by atoms with Gasteiger partial charge in [-0.2, -0.15) is 0 Å². The van der Waals surface area contributed by atoms with Gasteiger partial charge in [-0.1, -0.05) is 17.7 Å². The van der Waals surface area contributed by atoms with Crippen molar-refractivity contribution < 1.29 is 0 Å². The summed E-state index contributed by atoms with van der Waals surface area (Å²) in [5.74, 6) is -0.0795. The molecule has 0 aliphatic carbocycles. The summed E-state index contributed by atoms with van der Waals surface area (Å²) in [4.78, 5) is 0. The molecule has 3 N–H and O–H groups in total. The number of hydrogen-bond donors (Lipinski definition) is 2. The Morgan fingerprint density at radius 3 is 2.29 bits per heavy atom. The Kier molecular flexibility index (Phi) is 2.45. The molecule has 0 saturated carbocycles. The van der Waals surface area contributed by atoms with Crippen molar-refractivity contribution in [3.63, 3.8) is 0 Å². The topological polar surface area (TPSA) is 49.9 Å². The molecule has 7 heavy (non-hydrogen) atoms. The van der Waals surface area contributed by atoms with E-state index >= 15 is 0 Å². The van der Waals surface area contributed by atoms with Crippen LogP contribution in [0.25, 0.3) is 0 Å². The van der Waals surface area contributed by atoms with Gasteiger partial charge in [0.15, 0.2) is 0 Å². The van der Waals surface area contributed by atoms with Gasteiger partial charge in [0, 0.05) is 0 Å². The van der Waals surface area contributed by atoms with Gasteiger partial charge in [0.2, 0.25) is 0 Å². The molecule has 0 unspecified atom stereocenters. The lowest BCUT2D eigenvalue weighted by atomic mass is 10.5. The molecule has 0 rings (SSSR count). The van der Waals surface area contributed by atoms with E-state index in [0.717, 1.165) is 0 Å². The van der Waals surface area contributed by atoms with E-state index in [1.165, 1.54) is 0 Å². The van der Waals surface area contributed by atoms with Crippen LogP contribution in [0.2, 0.25) is 0 Å². The van der Waals surface area contributed by atoms with Crippen LogP contribution in [0.1, 0.15) is 6.92 Å². The quantitative estimate of drug-likeness (QED) is 0.393. The highest BCUT2D eigenvalue weighted by atomic mass is 35.5. The predicted molar refractivity (Wildman–Crippen MR) is 31.5 cm³/mol. The number of nitrogens with one attached hydrogen (secondary N) is 1. The Morgan fingerprint density at radius 1 is 1.86 bits per heavy atom. The maximum Gasteiger partial charge on any atom is 0.134 e. The maximum absolute atomic E-state index is 6.68. The first-order chi connectivity index (χ1) is 3.18. The molecule has 0 heterocycles. The van der Waals surface area contributed by atoms with E-state index in [0.29, 0.717) is 5.03 Å². The second kappa shape index (κ2) is 2.64. The number of allylic oxidation sites excluding steroid dienone is 1. The van der Waals surface area contributed by atoms with Crippen LogP contribution in [0.3, 0.4) is 0 Å². The minimum Gasteiger partial charge on any atom is -0.383 e. The Morgan fingerprint density at radius 2 is 2.29 bits per heavy atom. The largest absolute Gasteiger partial charge is 0.383 e. The molecule has 0 radical (unpaired) electrons. The Hall–Kier alpha value is -0.500. The van der Waals surface area contributed by atoms with Crippen LogP contribution in [0.5, 0.6) is 0 Å². The first-order valence-corrected chi connectivity index (χ1v) is 2.22. The summed E-state index contributed by atoms with van der Waals surface area (Å²) in [5, 5.41) is 6.98. The third-order valence-corrected chi connectivity index (χ3v) is 0.933. The third-order valence-electron chi connectivity index (χ3n) is 0.511. The lowest BCUT2D eigenvalue weighted by molar-refractivity contribution is 1.45. The van der Waals surface area contributed by atoms with E-state index in [9.17, 15) is 0 Å². The monoisotopic (exact) mass is 118 g/mol. The average molecular weight is 119 g/mol. The molecule has 0 aromatic heterocycles. The summed E-state index contributed by atoms with van der Waals surface area (Å²) in [6.07, 6.45) is 1.57. The maximum atomic E-state index is 6.68. The summed E-state index contributed by atoms with van der Waals surface area (Å²) in [7, 11) is 0. The molecule has 0 aromatic rings. The van der Waals surface area contributed by atoms with Gasteiger partial charge in [-0.3, -0.25) is 5.41 Å². The molecular weight excluding hydrogens is 112 g/mol. The number of nitrogens with two attached hydrogens (primary N) is 1. The minimum atomic E-state index is -0.0795. The summed E-state index contributed by atoms with van der Waals surface area (Å²) < 4.78 is 0. The number of amidine groups is 1.